The molecule has 4 N–H and O–H groups in total. The van der Waals surface area contributed by atoms with Crippen LogP contribution < -0.4 is 11.5 Å². The molecule has 0 fully saturated rings. The molecule has 0 saturated heterocycles. The van der Waals surface area contributed by atoms with Gasteiger partial charge in [0.15, 0.2) is 11.6 Å². The minimum atomic E-state index is -1.04. The number of unbranched alkanes of at least 4 members (excludes halogenated alkanes) is 2. The summed E-state index contributed by atoms with van der Waals surface area (Å²) < 4.78 is 10.4. The highest BCUT2D eigenvalue weighted by molar-refractivity contribution is 7.14. The third kappa shape index (κ3) is 13.9. The molecule has 0 bridgehead atoms. The highest BCUT2D eigenvalue weighted by Crippen LogP contribution is 2.29. The Labute approximate surface area is 315 Å². The minimum absolute atomic E-state index is 0.0209. The monoisotopic (exact) mass is 744 g/mol. The van der Waals surface area contributed by atoms with Crippen LogP contribution in [0.25, 0.3) is 0 Å². The summed E-state index contributed by atoms with van der Waals surface area (Å²) in [7, 11) is 0. The number of ketones is 2. The topological polar surface area (TPSA) is 139 Å². The summed E-state index contributed by atoms with van der Waals surface area (Å²) in [5.41, 5.74) is 15.4. The van der Waals surface area contributed by atoms with Crippen LogP contribution in [0.1, 0.15) is 118 Å². The number of aryl methyl sites for hydroxylation is 2. The molecule has 0 saturated carbocycles. The van der Waals surface area contributed by atoms with Crippen molar-refractivity contribution in [2.75, 3.05) is 13.2 Å². The number of hydrogen-bond acceptors (Lipinski definition) is 10. The van der Waals surface area contributed by atoms with Crippen molar-refractivity contribution in [1.82, 2.24) is 0 Å². The van der Waals surface area contributed by atoms with Crippen LogP contribution in [-0.4, -0.2) is 36.7 Å². The van der Waals surface area contributed by atoms with E-state index in [2.05, 4.69) is 24.3 Å². The SMILES string of the molecule is C[C@@H](COC(=O)C(=O)OC[C@H](C)CC(N)c1ccc(C(=O)CCCCc2ccccc2)s1)CC(N)c1ccc(C(=O)CCCCc2ccccc2)s1. The number of rotatable bonds is 22. The van der Waals surface area contributed by atoms with E-state index in [1.165, 1.54) is 33.8 Å². The van der Waals surface area contributed by atoms with E-state index in [9.17, 15) is 19.2 Å². The van der Waals surface area contributed by atoms with Crippen molar-refractivity contribution in [3.63, 3.8) is 0 Å². The number of carbonyl (C=O) groups is 4. The quantitative estimate of drug-likeness (QED) is 0.0352. The fourth-order valence-electron chi connectivity index (χ4n) is 5.96. The largest absolute Gasteiger partial charge is 0.457 e. The third-order valence-corrected chi connectivity index (χ3v) is 11.5. The van der Waals surface area contributed by atoms with E-state index in [0.29, 0.717) is 35.4 Å². The number of thiophene rings is 2. The van der Waals surface area contributed by atoms with Crippen LogP contribution in [0.15, 0.2) is 84.9 Å². The first-order valence-electron chi connectivity index (χ1n) is 18.3. The summed E-state index contributed by atoms with van der Waals surface area (Å²) in [6, 6.07) is 27.3. The fraction of sp³-hybridized carbons (Fsp3) is 0.429. The predicted octanol–water partition coefficient (Wildman–Crippen LogP) is 8.84. The van der Waals surface area contributed by atoms with E-state index in [4.69, 9.17) is 20.9 Å². The molecule has 0 amide bonds. The molecule has 0 aliphatic carbocycles. The third-order valence-electron chi connectivity index (χ3n) is 8.94. The van der Waals surface area contributed by atoms with Gasteiger partial charge in [0.2, 0.25) is 0 Å². The predicted molar refractivity (Wildman–Crippen MR) is 209 cm³/mol. The molecule has 0 radical (unpaired) electrons. The van der Waals surface area contributed by atoms with Gasteiger partial charge in [0.25, 0.3) is 0 Å². The average molecular weight is 745 g/mol. The second kappa shape index (κ2) is 21.5. The normalized spacial score (nSPS) is 13.5. The number of Topliss-reactive ketones (excluding diaryl/α,β-unsaturated/α-hetero) is 2. The van der Waals surface area contributed by atoms with Crippen molar-refractivity contribution in [3.05, 3.63) is 116 Å². The number of esters is 2. The summed E-state index contributed by atoms with van der Waals surface area (Å²) >= 11 is 2.82. The van der Waals surface area contributed by atoms with Crippen LogP contribution in [0.5, 0.6) is 0 Å². The minimum Gasteiger partial charge on any atom is -0.457 e. The van der Waals surface area contributed by atoms with Crippen LogP contribution in [-0.2, 0) is 31.9 Å². The second-order valence-electron chi connectivity index (χ2n) is 13.7. The van der Waals surface area contributed by atoms with Gasteiger partial charge in [-0.1, -0.05) is 74.5 Å². The van der Waals surface area contributed by atoms with Crippen molar-refractivity contribution in [3.8, 4) is 0 Å². The molecule has 4 aromatic rings. The number of carbonyl (C=O) groups excluding carboxylic acids is 4. The molecule has 2 heterocycles. The lowest BCUT2D eigenvalue weighted by Gasteiger charge is -2.17. The Kier molecular flexibility index (Phi) is 16.9. The number of ether oxygens (including phenoxy) is 2. The van der Waals surface area contributed by atoms with Crippen molar-refractivity contribution in [2.24, 2.45) is 23.3 Å². The second-order valence-corrected chi connectivity index (χ2v) is 16.0. The molecular weight excluding hydrogens is 693 g/mol. The molecule has 2 aromatic carbocycles. The summed E-state index contributed by atoms with van der Waals surface area (Å²) in [4.78, 5) is 53.3. The van der Waals surface area contributed by atoms with Gasteiger partial charge in [0.1, 0.15) is 0 Å². The Hall–Kier alpha value is -3.96. The van der Waals surface area contributed by atoms with Gasteiger partial charge >= 0.3 is 11.9 Å². The highest BCUT2D eigenvalue weighted by Gasteiger charge is 2.23. The van der Waals surface area contributed by atoms with E-state index in [1.54, 1.807) is 0 Å². The summed E-state index contributed by atoms with van der Waals surface area (Å²) in [5, 5.41) is 0. The van der Waals surface area contributed by atoms with Crippen molar-refractivity contribution in [2.45, 2.75) is 90.1 Å². The van der Waals surface area contributed by atoms with E-state index in [1.807, 2.05) is 74.5 Å². The van der Waals surface area contributed by atoms with Gasteiger partial charge in [-0.25, -0.2) is 9.59 Å². The first kappa shape index (κ1) is 40.8. The smallest absolute Gasteiger partial charge is 0.417 e. The lowest BCUT2D eigenvalue weighted by atomic mass is 10.0. The molecule has 0 aliphatic heterocycles. The van der Waals surface area contributed by atoms with Gasteiger partial charge in [0, 0.05) is 34.7 Å². The van der Waals surface area contributed by atoms with E-state index < -0.39 is 11.9 Å². The number of benzene rings is 2. The fourth-order valence-corrected chi connectivity index (χ4v) is 7.94. The van der Waals surface area contributed by atoms with Gasteiger partial charge < -0.3 is 20.9 Å². The van der Waals surface area contributed by atoms with Gasteiger partial charge in [-0.2, -0.15) is 0 Å². The van der Waals surface area contributed by atoms with Gasteiger partial charge in [0.05, 0.1) is 23.0 Å². The van der Waals surface area contributed by atoms with E-state index in [-0.39, 0.29) is 48.7 Å². The Balaban J connectivity index is 1.08. The van der Waals surface area contributed by atoms with Crippen molar-refractivity contribution < 1.29 is 28.7 Å². The van der Waals surface area contributed by atoms with E-state index in [0.717, 1.165) is 48.3 Å². The molecule has 4 atom stereocenters. The molecule has 2 unspecified atom stereocenters. The molecule has 8 nitrogen and oxygen atoms in total. The molecule has 10 heteroatoms. The Bertz CT molecular complexity index is 1580. The zero-order valence-corrected chi connectivity index (χ0v) is 31.9. The zero-order valence-electron chi connectivity index (χ0n) is 30.3. The maximum atomic E-state index is 12.7. The Morgan fingerprint density at radius 2 is 0.942 bits per heavy atom. The zero-order chi connectivity index (χ0) is 37.3. The molecule has 278 valence electrons. The van der Waals surface area contributed by atoms with Gasteiger partial charge in [-0.15, -0.1) is 22.7 Å². The Morgan fingerprint density at radius 3 is 1.33 bits per heavy atom. The lowest BCUT2D eigenvalue weighted by molar-refractivity contribution is -0.169. The number of nitrogens with two attached hydrogens (primary N) is 2. The maximum Gasteiger partial charge on any atom is 0.417 e. The molecule has 52 heavy (non-hydrogen) atoms. The Morgan fingerprint density at radius 1 is 0.558 bits per heavy atom. The van der Waals surface area contributed by atoms with Crippen molar-refractivity contribution >= 4 is 46.2 Å². The van der Waals surface area contributed by atoms with Crippen LogP contribution >= 0.6 is 22.7 Å². The van der Waals surface area contributed by atoms with E-state index >= 15 is 0 Å². The van der Waals surface area contributed by atoms with Crippen LogP contribution in [0.2, 0.25) is 0 Å². The standard InChI is InChI=1S/C42H52N2O6S2/c1-29(25-33(43)37-21-23-39(51-37)35(45)19-11-9-17-31-13-5-3-6-14-31)27-49-41(47)42(48)50-28-30(2)26-34(44)38-22-24-40(52-38)36(46)20-12-10-18-32-15-7-4-8-16-32/h3-8,13-16,21-24,29-30,33-34H,9-12,17-20,25-28,43-44H2,1-2H3/t29-,30-,33?,34?/m1/s1. The van der Waals surface area contributed by atoms with Gasteiger partial charge in [-0.05, 0) is 98.6 Å². The average Bonchev–Trinajstić information content (AvgIpc) is 3.86. The highest BCUT2D eigenvalue weighted by atomic mass is 32.1. The molecule has 0 spiro atoms. The summed E-state index contributed by atoms with van der Waals surface area (Å²) in [5.74, 6) is -2.06. The van der Waals surface area contributed by atoms with Crippen LogP contribution in [0.3, 0.4) is 0 Å². The first-order chi connectivity index (χ1) is 25.1. The summed E-state index contributed by atoms with van der Waals surface area (Å²) in [6.07, 6.45) is 7.56. The first-order valence-corrected chi connectivity index (χ1v) is 19.9. The lowest BCUT2D eigenvalue weighted by Crippen LogP contribution is -2.26. The van der Waals surface area contributed by atoms with Crippen LogP contribution in [0.4, 0.5) is 0 Å². The van der Waals surface area contributed by atoms with Crippen molar-refractivity contribution in [1.29, 1.82) is 0 Å². The molecule has 4 rings (SSSR count). The molecular formula is C42H52N2O6S2. The maximum absolute atomic E-state index is 12.7. The molecule has 2 aromatic heterocycles. The molecule has 0 aliphatic rings. The summed E-state index contributed by atoms with van der Waals surface area (Å²) in [6.45, 7) is 3.83. The van der Waals surface area contributed by atoms with Crippen LogP contribution in [0, 0.1) is 11.8 Å². The number of hydrogen-bond donors (Lipinski definition) is 2. The van der Waals surface area contributed by atoms with Gasteiger partial charge in [-0.3, -0.25) is 9.59 Å².